The maximum Gasteiger partial charge on any atom is 0.271 e. The number of hydrogen-bond donors (Lipinski definition) is 3. The molecule has 11 nitrogen and oxygen atoms in total. The summed E-state index contributed by atoms with van der Waals surface area (Å²) in [7, 11) is 2.21. The van der Waals surface area contributed by atoms with Gasteiger partial charge < -0.3 is 31.1 Å². The first-order valence-electron chi connectivity index (χ1n) is 14.7. The summed E-state index contributed by atoms with van der Waals surface area (Å²) in [6.07, 6.45) is 4.24. The highest BCUT2D eigenvalue weighted by atomic mass is 16.2. The van der Waals surface area contributed by atoms with E-state index < -0.39 is 5.91 Å². The minimum absolute atomic E-state index is 0.0149. The molecule has 4 N–H and O–H groups in total. The zero-order chi connectivity index (χ0) is 29.1. The van der Waals surface area contributed by atoms with E-state index in [1.54, 1.807) is 0 Å². The Morgan fingerprint density at radius 1 is 1.07 bits per heavy atom. The molecule has 0 spiro atoms. The molecule has 3 fully saturated rings. The molecule has 0 aliphatic carbocycles. The number of anilines is 4. The Morgan fingerprint density at radius 2 is 1.78 bits per heavy atom. The number of rotatable bonds is 9. The monoisotopic (exact) mass is 561 g/mol. The largest absolute Gasteiger partial charge is 0.371 e. The van der Waals surface area contributed by atoms with Crippen LogP contribution in [0, 0.1) is 6.92 Å². The van der Waals surface area contributed by atoms with Crippen molar-refractivity contribution in [2.24, 2.45) is 5.73 Å². The quantitative estimate of drug-likeness (QED) is 0.394. The third-order valence-electron chi connectivity index (χ3n) is 8.55. The van der Waals surface area contributed by atoms with Gasteiger partial charge in [-0.25, -0.2) is 9.97 Å². The molecular formula is C30H43N9O2. The number of aromatic nitrogens is 2. The van der Waals surface area contributed by atoms with E-state index in [0.717, 1.165) is 37.4 Å². The van der Waals surface area contributed by atoms with E-state index in [1.807, 2.05) is 13.0 Å². The van der Waals surface area contributed by atoms with E-state index in [9.17, 15) is 9.59 Å². The van der Waals surface area contributed by atoms with Crippen molar-refractivity contribution in [3.05, 3.63) is 47.8 Å². The average Bonchev–Trinajstić information content (AvgIpc) is 2.95. The second-order valence-corrected chi connectivity index (χ2v) is 11.4. The number of piperazine rings is 1. The number of piperidine rings is 1. The van der Waals surface area contributed by atoms with E-state index in [4.69, 9.17) is 10.7 Å². The lowest BCUT2D eigenvalue weighted by Gasteiger charge is -2.43. The number of nitrogens with zero attached hydrogens (tertiary/aromatic N) is 6. The molecule has 2 aromatic rings. The van der Waals surface area contributed by atoms with Crippen LogP contribution < -0.4 is 26.2 Å². The first kappa shape index (κ1) is 28.8. The second-order valence-electron chi connectivity index (χ2n) is 11.4. The zero-order valence-corrected chi connectivity index (χ0v) is 24.5. The summed E-state index contributed by atoms with van der Waals surface area (Å²) in [5.41, 5.74) is 9.76. The molecular weight excluding hydrogens is 518 g/mol. The van der Waals surface area contributed by atoms with E-state index >= 15 is 0 Å². The molecule has 0 bridgehead atoms. The predicted molar refractivity (Wildman–Crippen MR) is 163 cm³/mol. The van der Waals surface area contributed by atoms with Crippen LogP contribution >= 0.6 is 0 Å². The van der Waals surface area contributed by atoms with Crippen molar-refractivity contribution in [1.29, 1.82) is 0 Å². The normalized spacial score (nSPS) is 19.1. The molecule has 11 heteroatoms. The number of carbonyl (C=O) groups excluding carboxylic acids is 2. The molecule has 1 aromatic carbocycles. The van der Waals surface area contributed by atoms with E-state index in [0.29, 0.717) is 42.9 Å². The van der Waals surface area contributed by atoms with Gasteiger partial charge in [0.25, 0.3) is 5.91 Å². The lowest BCUT2D eigenvalue weighted by Crippen LogP contribution is -2.59. The Morgan fingerprint density at radius 3 is 2.39 bits per heavy atom. The molecule has 3 saturated heterocycles. The van der Waals surface area contributed by atoms with Gasteiger partial charge in [0.15, 0.2) is 17.3 Å². The topological polar surface area (TPSA) is 123 Å². The lowest BCUT2D eigenvalue weighted by atomic mass is 10.0. The van der Waals surface area contributed by atoms with Crippen LogP contribution in [0.25, 0.3) is 0 Å². The van der Waals surface area contributed by atoms with Crippen molar-refractivity contribution in [2.75, 3.05) is 74.5 Å². The second kappa shape index (κ2) is 12.4. The van der Waals surface area contributed by atoms with Crippen molar-refractivity contribution in [2.45, 2.75) is 45.2 Å². The van der Waals surface area contributed by atoms with Crippen LogP contribution in [0.2, 0.25) is 0 Å². The maximum atomic E-state index is 12.3. The smallest absolute Gasteiger partial charge is 0.271 e. The van der Waals surface area contributed by atoms with E-state index in [1.165, 1.54) is 37.7 Å². The highest BCUT2D eigenvalue weighted by Crippen LogP contribution is 2.31. The van der Waals surface area contributed by atoms with Crippen LogP contribution in [0.3, 0.4) is 0 Å². The summed E-state index contributed by atoms with van der Waals surface area (Å²) >= 11 is 0. The number of carbonyl (C=O) groups is 2. The Kier molecular flexibility index (Phi) is 8.74. The molecule has 0 unspecified atom stereocenters. The van der Waals surface area contributed by atoms with Crippen molar-refractivity contribution in [1.82, 2.24) is 25.1 Å². The van der Waals surface area contributed by atoms with Gasteiger partial charge in [-0.2, -0.15) is 0 Å². The van der Waals surface area contributed by atoms with Gasteiger partial charge in [-0.05, 0) is 63.1 Å². The van der Waals surface area contributed by atoms with Gasteiger partial charge in [-0.15, -0.1) is 0 Å². The van der Waals surface area contributed by atoms with Crippen LogP contribution in [0.5, 0.6) is 0 Å². The number of likely N-dealkylation sites (N-methyl/N-ethyl adjacent to an activating group) is 1. The number of primary amides is 1. The van der Waals surface area contributed by atoms with Crippen molar-refractivity contribution in [3.8, 4) is 0 Å². The van der Waals surface area contributed by atoms with Crippen LogP contribution in [-0.2, 0) is 11.2 Å². The third kappa shape index (κ3) is 6.46. The summed E-state index contributed by atoms with van der Waals surface area (Å²) in [5, 5.41) is 6.21. The average molecular weight is 562 g/mol. The molecule has 3 aliphatic rings. The molecule has 5 rings (SSSR count). The molecule has 0 radical (unpaired) electrons. The first-order valence-corrected chi connectivity index (χ1v) is 14.7. The van der Waals surface area contributed by atoms with Crippen molar-refractivity contribution >= 4 is 34.8 Å². The molecule has 41 heavy (non-hydrogen) atoms. The maximum absolute atomic E-state index is 12.3. The number of nitrogens with two attached hydrogens (primary N) is 1. The zero-order valence-electron chi connectivity index (χ0n) is 24.5. The Bertz CT molecular complexity index is 1280. The van der Waals surface area contributed by atoms with Crippen LogP contribution in [-0.4, -0.2) is 103 Å². The lowest BCUT2D eigenvalue weighted by molar-refractivity contribution is -0.117. The summed E-state index contributed by atoms with van der Waals surface area (Å²) < 4.78 is 0. The van der Waals surface area contributed by atoms with Crippen molar-refractivity contribution < 1.29 is 9.59 Å². The Labute approximate surface area is 242 Å². The van der Waals surface area contributed by atoms with Crippen LogP contribution in [0.15, 0.2) is 30.9 Å². The first-order chi connectivity index (χ1) is 19.7. The number of nitrogens with one attached hydrogen (secondary N) is 2. The fourth-order valence-electron chi connectivity index (χ4n) is 6.10. The SMILES string of the molecule is C=CC(=O)NC1CN(c2nc(Nc3ccc(N4CCC(N5CCN(C)CC5)CC4)c(C)c3)c(C(N)=O)nc2CC)C1. The van der Waals surface area contributed by atoms with Gasteiger partial charge in [-0.3, -0.25) is 14.5 Å². The van der Waals surface area contributed by atoms with Gasteiger partial charge >= 0.3 is 0 Å². The molecule has 0 atom stereocenters. The van der Waals surface area contributed by atoms with Gasteiger partial charge in [0.2, 0.25) is 5.91 Å². The number of benzene rings is 1. The van der Waals surface area contributed by atoms with Gasteiger partial charge in [0.05, 0.1) is 11.7 Å². The summed E-state index contributed by atoms with van der Waals surface area (Å²) in [6.45, 7) is 15.6. The van der Waals surface area contributed by atoms with Crippen molar-refractivity contribution in [3.63, 3.8) is 0 Å². The highest BCUT2D eigenvalue weighted by Gasteiger charge is 2.32. The molecule has 2 amide bonds. The number of hydrogen-bond acceptors (Lipinski definition) is 9. The summed E-state index contributed by atoms with van der Waals surface area (Å²) in [6, 6.07) is 6.95. The Hall–Kier alpha value is -3.70. The molecule has 0 saturated carbocycles. The minimum Gasteiger partial charge on any atom is -0.371 e. The predicted octanol–water partition coefficient (Wildman–Crippen LogP) is 1.90. The highest BCUT2D eigenvalue weighted by molar-refractivity contribution is 5.96. The molecule has 4 heterocycles. The van der Waals surface area contributed by atoms with E-state index in [-0.39, 0.29) is 17.6 Å². The summed E-state index contributed by atoms with van der Waals surface area (Å²) in [5.74, 6) is 0.211. The molecule has 220 valence electrons. The molecule has 3 aliphatic heterocycles. The standard InChI is InChI=1S/C30H43N9O2/c1-5-24-30(39-18-22(19-39)32-26(40)6-2)35-29(27(34-24)28(31)41)33-21-7-8-25(20(3)17-21)38-11-9-23(10-12-38)37-15-13-36(4)14-16-37/h6-8,17,22-23H,2,5,9-16,18-19H2,1,3-4H3,(H2,31,41)(H,32,40)(H,33,35). The summed E-state index contributed by atoms with van der Waals surface area (Å²) in [4.78, 5) is 43.0. The minimum atomic E-state index is -0.627. The third-order valence-corrected chi connectivity index (χ3v) is 8.55. The van der Waals surface area contributed by atoms with E-state index in [2.05, 4.69) is 67.9 Å². The number of amides is 2. The fourth-order valence-corrected chi connectivity index (χ4v) is 6.10. The van der Waals surface area contributed by atoms with Gasteiger partial charge in [-0.1, -0.05) is 13.5 Å². The number of aryl methyl sites for hydroxylation is 2. The molecule has 1 aromatic heterocycles. The van der Waals surface area contributed by atoms with Gasteiger partial charge in [0, 0.05) is 69.8 Å². The van der Waals surface area contributed by atoms with Crippen LogP contribution in [0.4, 0.5) is 23.0 Å². The van der Waals surface area contributed by atoms with Crippen LogP contribution in [0.1, 0.15) is 41.5 Å². The van der Waals surface area contributed by atoms with Gasteiger partial charge in [0.1, 0.15) is 0 Å². The Balaban J connectivity index is 1.27. The fraction of sp³-hybridized carbons (Fsp3) is 0.533.